The van der Waals surface area contributed by atoms with Crippen LogP contribution in [0.3, 0.4) is 0 Å². The van der Waals surface area contributed by atoms with Gasteiger partial charge in [-0.15, -0.1) is 0 Å². The zero-order valence-electron chi connectivity index (χ0n) is 11.4. The van der Waals surface area contributed by atoms with Crippen LogP contribution in [0, 0.1) is 0 Å². The summed E-state index contributed by atoms with van der Waals surface area (Å²) in [6.07, 6.45) is 0.778. The maximum Gasteiger partial charge on any atom is 0.174 e. The van der Waals surface area contributed by atoms with E-state index >= 15 is 0 Å². The Labute approximate surface area is 122 Å². The fourth-order valence-corrected chi connectivity index (χ4v) is 3.23. The maximum absolute atomic E-state index is 5.03. The van der Waals surface area contributed by atoms with E-state index in [1.54, 1.807) is 18.9 Å². The second-order valence-corrected chi connectivity index (χ2v) is 6.62. The topological polar surface area (TPSA) is 35.0 Å². The standard InChI is InChI=1S/C14H18N2OS2/c1-10(2)11-4-6-12(7-5-11)18-14-15-13(16-19-14)8-9-17-3/h4-7,10H,8-9H2,1-3H3. The predicted octanol–water partition coefficient (Wildman–Crippen LogP) is 4.00. The quantitative estimate of drug-likeness (QED) is 0.806. The molecular formula is C14H18N2OS2. The first-order valence-corrected chi connectivity index (χ1v) is 7.87. The van der Waals surface area contributed by atoms with E-state index < -0.39 is 0 Å². The van der Waals surface area contributed by atoms with Crippen LogP contribution in [0.25, 0.3) is 0 Å². The molecule has 2 rings (SSSR count). The molecule has 0 N–H and O–H groups in total. The van der Waals surface area contributed by atoms with Gasteiger partial charge in [-0.3, -0.25) is 0 Å². The molecule has 1 aromatic carbocycles. The van der Waals surface area contributed by atoms with E-state index in [1.165, 1.54) is 22.0 Å². The summed E-state index contributed by atoms with van der Waals surface area (Å²) < 4.78 is 10.3. The van der Waals surface area contributed by atoms with E-state index in [0.717, 1.165) is 16.6 Å². The lowest BCUT2D eigenvalue weighted by Gasteiger charge is -2.05. The molecular weight excluding hydrogens is 276 g/mol. The van der Waals surface area contributed by atoms with Gasteiger partial charge >= 0.3 is 0 Å². The van der Waals surface area contributed by atoms with Gasteiger partial charge in [-0.1, -0.05) is 37.7 Å². The number of methoxy groups -OCH3 is 1. The molecule has 0 atom stereocenters. The van der Waals surface area contributed by atoms with E-state index in [0.29, 0.717) is 12.5 Å². The minimum atomic E-state index is 0.571. The molecule has 0 saturated heterocycles. The number of aromatic nitrogens is 2. The second kappa shape index (κ2) is 7.03. The molecule has 0 unspecified atom stereocenters. The van der Waals surface area contributed by atoms with Crippen LogP contribution in [0.4, 0.5) is 0 Å². The molecule has 1 aromatic heterocycles. The molecule has 0 aliphatic rings. The summed E-state index contributed by atoms with van der Waals surface area (Å²) >= 11 is 3.12. The van der Waals surface area contributed by atoms with Crippen molar-refractivity contribution < 1.29 is 4.74 Å². The molecule has 0 fully saturated rings. The molecule has 0 radical (unpaired) electrons. The lowest BCUT2D eigenvalue weighted by molar-refractivity contribution is 0.200. The molecule has 2 aromatic rings. The summed E-state index contributed by atoms with van der Waals surface area (Å²) in [5, 5.41) is 0. The van der Waals surface area contributed by atoms with E-state index in [2.05, 4.69) is 47.5 Å². The van der Waals surface area contributed by atoms with Crippen molar-refractivity contribution >= 4 is 23.3 Å². The van der Waals surface area contributed by atoms with Crippen LogP contribution >= 0.6 is 23.3 Å². The van der Waals surface area contributed by atoms with Crippen molar-refractivity contribution in [3.63, 3.8) is 0 Å². The average molecular weight is 294 g/mol. The number of hydrogen-bond acceptors (Lipinski definition) is 5. The SMILES string of the molecule is COCCc1nsc(Sc2ccc(C(C)C)cc2)n1. The van der Waals surface area contributed by atoms with E-state index in [4.69, 9.17) is 4.74 Å². The van der Waals surface area contributed by atoms with Crippen molar-refractivity contribution in [2.45, 2.75) is 35.4 Å². The van der Waals surface area contributed by atoms with Gasteiger partial charge in [0.1, 0.15) is 5.82 Å². The Morgan fingerprint density at radius 3 is 2.63 bits per heavy atom. The average Bonchev–Trinajstić information content (AvgIpc) is 2.84. The van der Waals surface area contributed by atoms with Gasteiger partial charge in [-0.2, -0.15) is 4.37 Å². The molecule has 102 valence electrons. The van der Waals surface area contributed by atoms with E-state index in [-0.39, 0.29) is 0 Å². The van der Waals surface area contributed by atoms with Gasteiger partial charge in [0.25, 0.3) is 0 Å². The van der Waals surface area contributed by atoms with Crippen LogP contribution in [0.5, 0.6) is 0 Å². The first kappa shape index (κ1) is 14.5. The van der Waals surface area contributed by atoms with Crippen LogP contribution in [0.2, 0.25) is 0 Å². The molecule has 0 spiro atoms. The third kappa shape index (κ3) is 4.30. The van der Waals surface area contributed by atoms with E-state index in [9.17, 15) is 0 Å². The van der Waals surface area contributed by atoms with Gasteiger partial charge < -0.3 is 4.74 Å². The largest absolute Gasteiger partial charge is 0.384 e. The highest BCUT2D eigenvalue weighted by Crippen LogP contribution is 2.30. The highest BCUT2D eigenvalue weighted by atomic mass is 32.2. The van der Waals surface area contributed by atoms with Crippen LogP contribution in [0.15, 0.2) is 33.5 Å². The lowest BCUT2D eigenvalue weighted by Crippen LogP contribution is -1.95. The first-order chi connectivity index (χ1) is 9.19. The summed E-state index contributed by atoms with van der Waals surface area (Å²) in [5.41, 5.74) is 1.36. The third-order valence-electron chi connectivity index (χ3n) is 2.73. The van der Waals surface area contributed by atoms with Gasteiger partial charge in [-0.05, 0) is 35.1 Å². The number of rotatable bonds is 6. The third-order valence-corrected chi connectivity index (χ3v) is 4.53. The van der Waals surface area contributed by atoms with Crippen molar-refractivity contribution in [2.24, 2.45) is 0 Å². The molecule has 0 aliphatic heterocycles. The number of ether oxygens (including phenoxy) is 1. The first-order valence-electron chi connectivity index (χ1n) is 6.28. The maximum atomic E-state index is 5.03. The van der Waals surface area contributed by atoms with Crippen molar-refractivity contribution in [3.05, 3.63) is 35.7 Å². The van der Waals surface area contributed by atoms with Crippen LogP contribution in [-0.2, 0) is 11.2 Å². The van der Waals surface area contributed by atoms with Gasteiger partial charge in [0, 0.05) is 18.4 Å². The van der Waals surface area contributed by atoms with Crippen molar-refractivity contribution in [2.75, 3.05) is 13.7 Å². The summed E-state index contributed by atoms with van der Waals surface area (Å²) in [5.74, 6) is 1.44. The van der Waals surface area contributed by atoms with Crippen LogP contribution in [0.1, 0.15) is 31.2 Å². The minimum Gasteiger partial charge on any atom is -0.384 e. The van der Waals surface area contributed by atoms with Crippen LogP contribution < -0.4 is 0 Å². The Morgan fingerprint density at radius 1 is 1.26 bits per heavy atom. The Bertz CT molecular complexity index is 508. The molecule has 0 saturated carbocycles. The highest BCUT2D eigenvalue weighted by molar-refractivity contribution is 8.01. The molecule has 0 aliphatic carbocycles. The molecule has 3 nitrogen and oxygen atoms in total. The zero-order chi connectivity index (χ0) is 13.7. The predicted molar refractivity (Wildman–Crippen MR) is 80.1 cm³/mol. The molecule has 0 bridgehead atoms. The summed E-state index contributed by atoms with van der Waals surface area (Å²) in [6.45, 7) is 5.08. The summed E-state index contributed by atoms with van der Waals surface area (Å²) in [7, 11) is 1.69. The number of benzene rings is 1. The number of nitrogens with zero attached hydrogens (tertiary/aromatic N) is 2. The molecule has 0 amide bonds. The normalized spacial score (nSPS) is 11.2. The summed E-state index contributed by atoms with van der Waals surface area (Å²) in [6, 6.07) is 8.66. The second-order valence-electron chi connectivity index (χ2n) is 4.55. The highest BCUT2D eigenvalue weighted by Gasteiger charge is 2.06. The number of hydrogen-bond donors (Lipinski definition) is 0. The Hall–Kier alpha value is -0.910. The summed E-state index contributed by atoms with van der Waals surface area (Å²) in [4.78, 5) is 5.70. The lowest BCUT2D eigenvalue weighted by atomic mass is 10.0. The van der Waals surface area contributed by atoms with E-state index in [1.807, 2.05) is 0 Å². The smallest absolute Gasteiger partial charge is 0.174 e. The molecule has 19 heavy (non-hydrogen) atoms. The van der Waals surface area contributed by atoms with Gasteiger partial charge in [0.2, 0.25) is 0 Å². The monoisotopic (exact) mass is 294 g/mol. The zero-order valence-corrected chi connectivity index (χ0v) is 13.1. The molecule has 1 heterocycles. The Morgan fingerprint density at radius 2 is 2.00 bits per heavy atom. The van der Waals surface area contributed by atoms with Crippen molar-refractivity contribution in [1.82, 2.24) is 9.36 Å². The fraction of sp³-hybridized carbons (Fsp3) is 0.429. The Balaban J connectivity index is 1.98. The molecule has 5 heteroatoms. The van der Waals surface area contributed by atoms with Gasteiger partial charge in [0.05, 0.1) is 6.61 Å². The Kier molecular flexibility index (Phi) is 5.36. The van der Waals surface area contributed by atoms with Crippen molar-refractivity contribution in [3.8, 4) is 0 Å². The van der Waals surface area contributed by atoms with Crippen LogP contribution in [-0.4, -0.2) is 23.1 Å². The van der Waals surface area contributed by atoms with Gasteiger partial charge in [0.15, 0.2) is 4.34 Å². The van der Waals surface area contributed by atoms with Crippen molar-refractivity contribution in [1.29, 1.82) is 0 Å². The fourth-order valence-electron chi connectivity index (χ4n) is 1.60. The van der Waals surface area contributed by atoms with Gasteiger partial charge in [-0.25, -0.2) is 4.98 Å². The minimum absolute atomic E-state index is 0.571.